The Morgan fingerprint density at radius 2 is 1.81 bits per heavy atom. The minimum atomic E-state index is -0.568. The standard InChI is InChI=1S/C20H15BrN2O4/c21-16-7-3-14(4-8-16)12-19(24)23-22-13-15-5-9-17(10-6-15)27-20(25)18-2-1-11-26-18/h1-11,13H,12H2,(H,23,24). The molecule has 0 atom stereocenters. The van der Waals surface area contributed by atoms with Crippen LogP contribution in [0.3, 0.4) is 0 Å². The Morgan fingerprint density at radius 3 is 2.48 bits per heavy atom. The average molecular weight is 427 g/mol. The van der Waals surface area contributed by atoms with Gasteiger partial charge in [-0.25, -0.2) is 10.2 Å². The molecule has 0 aliphatic carbocycles. The lowest BCUT2D eigenvalue weighted by Crippen LogP contribution is -2.19. The van der Waals surface area contributed by atoms with Gasteiger partial charge in [-0.2, -0.15) is 5.10 Å². The summed E-state index contributed by atoms with van der Waals surface area (Å²) in [5, 5.41) is 3.93. The summed E-state index contributed by atoms with van der Waals surface area (Å²) in [5.74, 6) is -0.263. The molecule has 0 spiro atoms. The van der Waals surface area contributed by atoms with Crippen molar-refractivity contribution >= 4 is 34.0 Å². The maximum atomic E-state index is 11.9. The first-order valence-corrected chi connectivity index (χ1v) is 8.81. The summed E-state index contributed by atoms with van der Waals surface area (Å²) in [6.45, 7) is 0. The van der Waals surface area contributed by atoms with E-state index in [1.165, 1.54) is 18.5 Å². The SMILES string of the molecule is O=C(Cc1ccc(Br)cc1)NN=Cc1ccc(OC(=O)c2ccco2)cc1. The van der Waals surface area contributed by atoms with Gasteiger partial charge in [0, 0.05) is 4.47 Å². The fourth-order valence-corrected chi connectivity index (χ4v) is 2.44. The van der Waals surface area contributed by atoms with E-state index in [9.17, 15) is 9.59 Å². The molecule has 3 rings (SSSR count). The lowest BCUT2D eigenvalue weighted by atomic mass is 10.1. The molecule has 1 amide bonds. The summed E-state index contributed by atoms with van der Waals surface area (Å²) >= 11 is 3.35. The number of hydrazone groups is 1. The van der Waals surface area contributed by atoms with Gasteiger partial charge in [0.25, 0.3) is 0 Å². The van der Waals surface area contributed by atoms with Crippen LogP contribution in [0.5, 0.6) is 5.75 Å². The molecule has 1 N–H and O–H groups in total. The summed E-state index contributed by atoms with van der Waals surface area (Å²) in [6.07, 6.45) is 3.16. The molecule has 0 bridgehead atoms. The van der Waals surface area contributed by atoms with Crippen LogP contribution in [-0.4, -0.2) is 18.1 Å². The second-order valence-corrected chi connectivity index (χ2v) is 6.45. The minimum Gasteiger partial charge on any atom is -0.457 e. The van der Waals surface area contributed by atoms with Gasteiger partial charge in [-0.3, -0.25) is 4.79 Å². The van der Waals surface area contributed by atoms with E-state index in [1.54, 1.807) is 30.3 Å². The zero-order valence-corrected chi connectivity index (χ0v) is 15.7. The number of benzene rings is 2. The molecule has 0 fully saturated rings. The van der Waals surface area contributed by atoms with Crippen LogP contribution < -0.4 is 10.2 Å². The van der Waals surface area contributed by atoms with Crippen molar-refractivity contribution in [2.45, 2.75) is 6.42 Å². The van der Waals surface area contributed by atoms with Crippen molar-refractivity contribution < 1.29 is 18.7 Å². The van der Waals surface area contributed by atoms with Crippen molar-refractivity contribution in [1.82, 2.24) is 5.43 Å². The van der Waals surface area contributed by atoms with E-state index in [-0.39, 0.29) is 18.1 Å². The Kier molecular flexibility index (Phi) is 6.17. The number of carbonyl (C=O) groups is 2. The van der Waals surface area contributed by atoms with E-state index in [1.807, 2.05) is 24.3 Å². The van der Waals surface area contributed by atoms with E-state index >= 15 is 0 Å². The fourth-order valence-electron chi connectivity index (χ4n) is 2.18. The molecule has 0 radical (unpaired) electrons. The Hall–Kier alpha value is -3.19. The Balaban J connectivity index is 1.49. The van der Waals surface area contributed by atoms with Crippen LogP contribution in [0.4, 0.5) is 0 Å². The number of hydrogen-bond acceptors (Lipinski definition) is 5. The lowest BCUT2D eigenvalue weighted by molar-refractivity contribution is -0.120. The molecule has 3 aromatic rings. The number of ether oxygens (including phenoxy) is 1. The minimum absolute atomic E-state index is 0.133. The number of halogens is 1. The molecule has 0 aliphatic rings. The van der Waals surface area contributed by atoms with Crippen LogP contribution in [-0.2, 0) is 11.2 Å². The smallest absolute Gasteiger partial charge is 0.379 e. The second kappa shape index (κ2) is 8.95. The molecule has 0 saturated carbocycles. The first-order chi connectivity index (χ1) is 13.1. The summed E-state index contributed by atoms with van der Waals surface area (Å²) in [7, 11) is 0. The number of rotatable bonds is 6. The van der Waals surface area contributed by atoms with E-state index < -0.39 is 5.97 Å². The van der Waals surface area contributed by atoms with E-state index in [2.05, 4.69) is 26.5 Å². The maximum Gasteiger partial charge on any atom is 0.379 e. The van der Waals surface area contributed by atoms with Gasteiger partial charge in [0.05, 0.1) is 18.9 Å². The number of nitrogens with one attached hydrogen (secondary N) is 1. The monoisotopic (exact) mass is 426 g/mol. The number of esters is 1. The van der Waals surface area contributed by atoms with Crippen molar-refractivity contribution in [2.75, 3.05) is 0 Å². The molecule has 7 heteroatoms. The summed E-state index contributed by atoms with van der Waals surface area (Å²) in [6, 6.07) is 17.3. The van der Waals surface area contributed by atoms with Crippen LogP contribution in [0.25, 0.3) is 0 Å². The van der Waals surface area contributed by atoms with Crippen LogP contribution in [0.15, 0.2) is 80.9 Å². The molecule has 0 aliphatic heterocycles. The molecule has 0 unspecified atom stereocenters. The molecule has 0 saturated heterocycles. The second-order valence-electron chi connectivity index (χ2n) is 5.53. The summed E-state index contributed by atoms with van der Waals surface area (Å²) in [4.78, 5) is 23.7. The molecule has 1 heterocycles. The van der Waals surface area contributed by atoms with Crippen LogP contribution >= 0.6 is 15.9 Å². The highest BCUT2D eigenvalue weighted by Gasteiger charge is 2.10. The van der Waals surface area contributed by atoms with Crippen LogP contribution in [0.2, 0.25) is 0 Å². The van der Waals surface area contributed by atoms with Gasteiger partial charge < -0.3 is 9.15 Å². The van der Waals surface area contributed by atoms with Gasteiger partial charge in [-0.1, -0.05) is 28.1 Å². The van der Waals surface area contributed by atoms with E-state index in [0.717, 1.165) is 15.6 Å². The summed E-state index contributed by atoms with van der Waals surface area (Å²) in [5.41, 5.74) is 4.12. The predicted molar refractivity (Wildman–Crippen MR) is 104 cm³/mol. The number of amides is 1. The van der Waals surface area contributed by atoms with Gasteiger partial charge >= 0.3 is 5.97 Å². The maximum absolute atomic E-state index is 11.9. The quantitative estimate of drug-likeness (QED) is 0.280. The zero-order valence-electron chi connectivity index (χ0n) is 14.1. The molecular formula is C20H15BrN2O4. The number of nitrogens with zero attached hydrogens (tertiary/aromatic N) is 1. The normalized spacial score (nSPS) is 10.7. The zero-order chi connectivity index (χ0) is 19.1. The van der Waals surface area contributed by atoms with Crippen molar-refractivity contribution in [3.05, 3.63) is 88.3 Å². The van der Waals surface area contributed by atoms with Gasteiger partial charge in [-0.05, 0) is 59.7 Å². The first kappa shape index (κ1) is 18.6. The van der Waals surface area contributed by atoms with Crippen molar-refractivity contribution in [1.29, 1.82) is 0 Å². The van der Waals surface area contributed by atoms with Gasteiger partial charge in [-0.15, -0.1) is 0 Å². The van der Waals surface area contributed by atoms with E-state index in [4.69, 9.17) is 9.15 Å². The Morgan fingerprint density at radius 1 is 1.07 bits per heavy atom. The van der Waals surface area contributed by atoms with Crippen LogP contribution in [0, 0.1) is 0 Å². The molecule has 2 aromatic carbocycles. The molecular weight excluding hydrogens is 412 g/mol. The van der Waals surface area contributed by atoms with Crippen LogP contribution in [0.1, 0.15) is 21.7 Å². The summed E-state index contributed by atoms with van der Waals surface area (Å²) < 4.78 is 11.1. The molecule has 27 heavy (non-hydrogen) atoms. The number of carbonyl (C=O) groups excluding carboxylic acids is 2. The number of furan rings is 1. The third-order valence-corrected chi connectivity index (χ3v) is 4.02. The topological polar surface area (TPSA) is 80.9 Å². The first-order valence-electron chi connectivity index (χ1n) is 8.02. The van der Waals surface area contributed by atoms with Crippen molar-refractivity contribution in [2.24, 2.45) is 5.10 Å². The largest absolute Gasteiger partial charge is 0.457 e. The third kappa shape index (κ3) is 5.65. The van der Waals surface area contributed by atoms with Crippen molar-refractivity contribution in [3.8, 4) is 5.75 Å². The average Bonchev–Trinajstić information content (AvgIpc) is 3.20. The number of hydrogen-bond donors (Lipinski definition) is 1. The predicted octanol–water partition coefficient (Wildman–Crippen LogP) is 3.95. The lowest BCUT2D eigenvalue weighted by Gasteiger charge is -2.03. The highest BCUT2D eigenvalue weighted by Crippen LogP contribution is 2.14. The van der Waals surface area contributed by atoms with Gasteiger partial charge in [0.1, 0.15) is 5.75 Å². The van der Waals surface area contributed by atoms with Gasteiger partial charge in [0.2, 0.25) is 11.7 Å². The molecule has 136 valence electrons. The third-order valence-electron chi connectivity index (χ3n) is 3.49. The molecule has 1 aromatic heterocycles. The highest BCUT2D eigenvalue weighted by molar-refractivity contribution is 9.10. The van der Waals surface area contributed by atoms with Crippen molar-refractivity contribution in [3.63, 3.8) is 0 Å². The van der Waals surface area contributed by atoms with E-state index in [0.29, 0.717) is 5.75 Å². The molecule has 6 nitrogen and oxygen atoms in total. The Labute approximate surface area is 164 Å². The fraction of sp³-hybridized carbons (Fsp3) is 0.0500. The Bertz CT molecular complexity index is 933. The van der Waals surface area contributed by atoms with Gasteiger partial charge in [0.15, 0.2) is 0 Å². The highest BCUT2D eigenvalue weighted by atomic mass is 79.9.